The first-order valence-electron chi connectivity index (χ1n) is 18.3. The number of aliphatic hydroxyl groups is 3. The van der Waals surface area contributed by atoms with Crippen LogP contribution >= 0.6 is 24.8 Å². The first-order chi connectivity index (χ1) is 24.9. The summed E-state index contributed by atoms with van der Waals surface area (Å²) in [6, 6.07) is 3.93. The highest BCUT2D eigenvalue weighted by molar-refractivity contribution is 5.85. The molecule has 2 aromatic heterocycles. The van der Waals surface area contributed by atoms with E-state index in [0.717, 1.165) is 24.3 Å². The Morgan fingerprint density at radius 2 is 1.49 bits per heavy atom. The number of hydrogen-bond acceptors (Lipinski definition) is 8. The van der Waals surface area contributed by atoms with Crippen molar-refractivity contribution in [1.82, 2.24) is 15.0 Å². The van der Waals surface area contributed by atoms with Gasteiger partial charge in [-0.3, -0.25) is 4.98 Å². The topological polar surface area (TPSA) is 112 Å². The molecule has 6 rings (SSSR count). The van der Waals surface area contributed by atoms with Crippen molar-refractivity contribution in [2.75, 3.05) is 37.8 Å². The Morgan fingerprint density at radius 3 is 2.04 bits per heavy atom. The van der Waals surface area contributed by atoms with Crippen LogP contribution in [0, 0.1) is 10.8 Å². The average molecular weight is 824 g/mol. The van der Waals surface area contributed by atoms with E-state index in [1.54, 1.807) is 6.92 Å². The van der Waals surface area contributed by atoms with Gasteiger partial charge in [0.15, 0.2) is 11.9 Å². The van der Waals surface area contributed by atoms with E-state index >= 15 is 4.39 Å². The zero-order valence-corrected chi connectivity index (χ0v) is 32.7. The van der Waals surface area contributed by atoms with E-state index in [4.69, 9.17) is 9.72 Å². The van der Waals surface area contributed by atoms with E-state index < -0.39 is 41.3 Å². The molecule has 0 spiro atoms. The number of nitrogens with zero attached hydrogens (tertiary/aromatic N) is 4. The standard InChI is InChI=1S/C39H48F6N4O4.2ClH/c1-36(2)16-28-31(29(52)17-36)30(23-8-12-38(41,42)13-9-23)32(33(40)24-4-6-26(7-5-24)39(43,44)45)34(48-28)25-10-14-49(15-11-25)35-46-18-27(19-47-35)53-22-37(3,20-50)21-51;;/h4-7,18-19,23,25,29,33,50-52H,8-17,20-22H2,1-3H3;2*1H/t29-,33?;;/m0../s1. The fourth-order valence-corrected chi connectivity index (χ4v) is 8.01. The van der Waals surface area contributed by atoms with Gasteiger partial charge in [0.05, 0.1) is 49.6 Å². The van der Waals surface area contributed by atoms with Gasteiger partial charge in [-0.15, -0.1) is 24.8 Å². The molecule has 306 valence electrons. The number of fused-ring (bicyclic) bond motifs is 1. The summed E-state index contributed by atoms with van der Waals surface area (Å²) in [5.41, 5.74) is 0.191. The number of alkyl halides is 6. The second-order valence-electron chi connectivity index (χ2n) is 16.3. The zero-order valence-electron chi connectivity index (χ0n) is 31.1. The molecule has 2 aliphatic carbocycles. The summed E-state index contributed by atoms with van der Waals surface area (Å²) >= 11 is 0. The van der Waals surface area contributed by atoms with E-state index in [9.17, 15) is 37.3 Å². The van der Waals surface area contributed by atoms with Crippen LogP contribution in [0.25, 0.3) is 0 Å². The maximum Gasteiger partial charge on any atom is 0.416 e. The third-order valence-electron chi connectivity index (χ3n) is 11.2. The van der Waals surface area contributed by atoms with Crippen molar-refractivity contribution in [1.29, 1.82) is 0 Å². The molecule has 0 amide bonds. The molecule has 3 aliphatic rings. The number of aromatic nitrogens is 3. The zero-order chi connectivity index (χ0) is 38.3. The molecule has 8 nitrogen and oxygen atoms in total. The first-order valence-corrected chi connectivity index (χ1v) is 18.3. The number of halogens is 8. The van der Waals surface area contributed by atoms with Gasteiger partial charge in [0.25, 0.3) is 0 Å². The maximum absolute atomic E-state index is 17.3. The molecule has 2 fully saturated rings. The summed E-state index contributed by atoms with van der Waals surface area (Å²) in [7, 11) is 0. The molecule has 1 aromatic carbocycles. The Kier molecular flexibility index (Phi) is 14.1. The molecule has 1 aliphatic heterocycles. The molecule has 1 saturated heterocycles. The van der Waals surface area contributed by atoms with Crippen LogP contribution in [-0.4, -0.2) is 69.1 Å². The lowest BCUT2D eigenvalue weighted by Gasteiger charge is -2.41. The van der Waals surface area contributed by atoms with Crippen molar-refractivity contribution in [3.63, 3.8) is 0 Å². The lowest BCUT2D eigenvalue weighted by atomic mass is 9.68. The molecule has 1 unspecified atom stereocenters. The number of piperidine rings is 1. The van der Waals surface area contributed by atoms with Crippen LogP contribution < -0.4 is 9.64 Å². The van der Waals surface area contributed by atoms with Gasteiger partial charge in [-0.1, -0.05) is 32.9 Å². The molecule has 0 bridgehead atoms. The van der Waals surface area contributed by atoms with Gasteiger partial charge in [-0.2, -0.15) is 13.2 Å². The van der Waals surface area contributed by atoms with E-state index in [1.165, 1.54) is 12.4 Å². The van der Waals surface area contributed by atoms with Crippen molar-refractivity contribution >= 4 is 30.8 Å². The second kappa shape index (κ2) is 17.3. The average Bonchev–Trinajstić information content (AvgIpc) is 3.12. The Balaban J connectivity index is 0.00000336. The summed E-state index contributed by atoms with van der Waals surface area (Å²) in [4.78, 5) is 16.0. The molecule has 2 atom stereocenters. The molecule has 3 heterocycles. The van der Waals surface area contributed by atoms with Crippen LogP contribution in [0.3, 0.4) is 0 Å². The van der Waals surface area contributed by atoms with Gasteiger partial charge >= 0.3 is 6.18 Å². The van der Waals surface area contributed by atoms with Crippen LogP contribution in [0.4, 0.5) is 32.3 Å². The van der Waals surface area contributed by atoms with Crippen molar-refractivity contribution in [2.45, 2.75) is 108 Å². The highest BCUT2D eigenvalue weighted by atomic mass is 35.5. The van der Waals surface area contributed by atoms with Crippen molar-refractivity contribution in [3.8, 4) is 5.75 Å². The Morgan fingerprint density at radius 1 is 0.909 bits per heavy atom. The molecule has 55 heavy (non-hydrogen) atoms. The quantitative estimate of drug-likeness (QED) is 0.174. The smallest absolute Gasteiger partial charge is 0.416 e. The summed E-state index contributed by atoms with van der Waals surface area (Å²) in [6.07, 6.45) is -3.19. The van der Waals surface area contributed by atoms with Crippen LogP contribution in [-0.2, 0) is 12.6 Å². The van der Waals surface area contributed by atoms with Crippen molar-refractivity contribution in [3.05, 3.63) is 75.9 Å². The van der Waals surface area contributed by atoms with Gasteiger partial charge < -0.3 is 25.0 Å². The lowest BCUT2D eigenvalue weighted by Crippen LogP contribution is -2.36. The molecule has 3 aromatic rings. The van der Waals surface area contributed by atoms with Crippen LogP contribution in [0.5, 0.6) is 5.75 Å². The second-order valence-corrected chi connectivity index (χ2v) is 16.3. The number of benzene rings is 1. The summed E-state index contributed by atoms with van der Waals surface area (Å²) in [6.45, 7) is 6.21. The largest absolute Gasteiger partial charge is 0.490 e. The van der Waals surface area contributed by atoms with E-state index in [1.807, 2.05) is 18.7 Å². The van der Waals surface area contributed by atoms with Crippen molar-refractivity contribution in [2.24, 2.45) is 10.8 Å². The highest BCUT2D eigenvalue weighted by Gasteiger charge is 2.44. The molecule has 0 radical (unpaired) electrons. The first kappa shape index (κ1) is 44.8. The Hall–Kier alpha value is -2.91. The number of ether oxygens (including phenoxy) is 1. The Labute approximate surface area is 330 Å². The number of pyridine rings is 1. The van der Waals surface area contributed by atoms with E-state index in [-0.39, 0.29) is 92.8 Å². The van der Waals surface area contributed by atoms with E-state index in [2.05, 4.69) is 9.97 Å². The molecule has 3 N–H and O–H groups in total. The molecular formula is C39H50Cl2F6N4O4. The minimum atomic E-state index is -4.61. The fourth-order valence-electron chi connectivity index (χ4n) is 8.01. The van der Waals surface area contributed by atoms with Gasteiger partial charge in [-0.05, 0) is 73.1 Å². The monoisotopic (exact) mass is 822 g/mol. The maximum atomic E-state index is 17.3. The highest BCUT2D eigenvalue weighted by Crippen LogP contribution is 2.52. The number of hydrogen-bond donors (Lipinski definition) is 3. The molecular weight excluding hydrogens is 773 g/mol. The summed E-state index contributed by atoms with van der Waals surface area (Å²) < 4.78 is 92.3. The number of aliphatic hydroxyl groups excluding tert-OH is 3. The minimum Gasteiger partial charge on any atom is -0.490 e. The van der Waals surface area contributed by atoms with Gasteiger partial charge in [0.1, 0.15) is 0 Å². The van der Waals surface area contributed by atoms with Gasteiger partial charge in [0.2, 0.25) is 11.9 Å². The SMILES string of the molecule is CC1(C)Cc2nc(C3CCN(c4ncc(OCC(C)(CO)CO)cn4)CC3)c(C(F)c3ccc(C(F)(F)F)cc3)c(C3CCC(F)(F)CC3)c2[C@@H](O)C1.Cl.Cl. The summed E-state index contributed by atoms with van der Waals surface area (Å²) in [5.74, 6) is -2.79. The number of anilines is 1. The van der Waals surface area contributed by atoms with Crippen molar-refractivity contribution < 1.29 is 46.4 Å². The molecule has 1 saturated carbocycles. The number of rotatable bonds is 10. The minimum absolute atomic E-state index is 0. The fraction of sp³-hybridized carbons (Fsp3) is 0.615. The van der Waals surface area contributed by atoms with Crippen LogP contribution in [0.2, 0.25) is 0 Å². The van der Waals surface area contributed by atoms with Crippen LogP contribution in [0.15, 0.2) is 36.7 Å². The van der Waals surface area contributed by atoms with Gasteiger partial charge in [0, 0.05) is 54.1 Å². The lowest BCUT2D eigenvalue weighted by molar-refractivity contribution is -0.137. The predicted molar refractivity (Wildman–Crippen MR) is 200 cm³/mol. The van der Waals surface area contributed by atoms with E-state index in [0.29, 0.717) is 73.0 Å². The third-order valence-corrected chi connectivity index (χ3v) is 11.2. The third kappa shape index (κ3) is 9.98. The van der Waals surface area contributed by atoms with Gasteiger partial charge in [-0.25, -0.2) is 23.1 Å². The summed E-state index contributed by atoms with van der Waals surface area (Å²) in [5, 5.41) is 30.7. The normalized spacial score (nSPS) is 20.9. The predicted octanol–water partition coefficient (Wildman–Crippen LogP) is 8.85. The Bertz CT molecular complexity index is 1730. The molecule has 16 heteroatoms. The van der Waals surface area contributed by atoms with Crippen LogP contribution in [0.1, 0.15) is 129 Å².